The summed E-state index contributed by atoms with van der Waals surface area (Å²) in [5.41, 5.74) is -0.500. The number of hydrogen-bond acceptors (Lipinski definition) is 3. The number of carbonyl (C=O) groups is 1. The Kier molecular flexibility index (Phi) is 14.8. The van der Waals surface area contributed by atoms with Crippen LogP contribution in [0.25, 0.3) is 0 Å². The third-order valence-electron chi connectivity index (χ3n) is 2.81. The lowest BCUT2D eigenvalue weighted by Gasteiger charge is -2.24. The van der Waals surface area contributed by atoms with E-state index in [0.717, 1.165) is 25.8 Å². The van der Waals surface area contributed by atoms with E-state index in [-0.39, 0.29) is 30.0 Å². The van der Waals surface area contributed by atoms with Gasteiger partial charge in [0.15, 0.2) is 5.96 Å². The summed E-state index contributed by atoms with van der Waals surface area (Å²) < 4.78 is 5.26. The van der Waals surface area contributed by atoms with Gasteiger partial charge in [-0.1, -0.05) is 25.7 Å². The number of carbonyl (C=O) groups excluding carboxylic acids is 1. The highest BCUT2D eigenvalue weighted by molar-refractivity contribution is 14.0. The van der Waals surface area contributed by atoms with Gasteiger partial charge in [0, 0.05) is 19.1 Å². The van der Waals surface area contributed by atoms with Crippen LogP contribution in [0.1, 0.15) is 53.9 Å². The van der Waals surface area contributed by atoms with Crippen molar-refractivity contribution >= 4 is 36.0 Å². The molecule has 1 atom stereocenters. The van der Waals surface area contributed by atoms with Crippen molar-refractivity contribution in [1.29, 1.82) is 0 Å². The predicted octanol–water partition coefficient (Wildman–Crippen LogP) is 2.88. The fourth-order valence-electron chi connectivity index (χ4n) is 1.83. The predicted molar refractivity (Wildman–Crippen MR) is 111 cm³/mol. The van der Waals surface area contributed by atoms with Gasteiger partial charge >= 0.3 is 6.09 Å². The molecule has 0 aromatic carbocycles. The molecule has 7 heteroatoms. The molecular weight excluding hydrogens is 419 g/mol. The Morgan fingerprint density at radius 1 is 1.29 bits per heavy atom. The van der Waals surface area contributed by atoms with Gasteiger partial charge in [-0.2, -0.15) is 0 Å². The highest BCUT2D eigenvalue weighted by atomic mass is 127. The smallest absolute Gasteiger partial charge is 0.407 e. The van der Waals surface area contributed by atoms with E-state index >= 15 is 0 Å². The maximum atomic E-state index is 11.8. The molecule has 140 valence electrons. The third-order valence-corrected chi connectivity index (χ3v) is 2.81. The van der Waals surface area contributed by atoms with Crippen LogP contribution >= 0.6 is 24.0 Å². The van der Waals surface area contributed by atoms with Gasteiger partial charge in [0.1, 0.15) is 12.1 Å². The number of amides is 1. The Morgan fingerprint density at radius 3 is 2.46 bits per heavy atom. The van der Waals surface area contributed by atoms with Crippen LogP contribution in [-0.2, 0) is 4.74 Å². The molecule has 0 saturated heterocycles. The number of nitrogens with one attached hydrogen (secondary N) is 3. The molecule has 0 saturated carbocycles. The molecule has 1 unspecified atom stereocenters. The van der Waals surface area contributed by atoms with Crippen LogP contribution in [-0.4, -0.2) is 43.3 Å². The van der Waals surface area contributed by atoms with Gasteiger partial charge in [-0.05, 0) is 34.1 Å². The Morgan fingerprint density at radius 2 is 1.96 bits per heavy atom. The van der Waals surface area contributed by atoms with Crippen molar-refractivity contribution < 1.29 is 9.53 Å². The second kappa shape index (κ2) is 14.2. The van der Waals surface area contributed by atoms with Crippen LogP contribution in [0.3, 0.4) is 0 Å². The molecule has 0 heterocycles. The van der Waals surface area contributed by atoms with Crippen LogP contribution in [0.2, 0.25) is 0 Å². The molecule has 6 nitrogen and oxygen atoms in total. The average Bonchev–Trinajstić information content (AvgIpc) is 2.45. The molecule has 0 aliphatic heterocycles. The maximum Gasteiger partial charge on any atom is 0.407 e. The molecule has 0 aliphatic rings. The van der Waals surface area contributed by atoms with E-state index in [1.165, 1.54) is 0 Å². The van der Waals surface area contributed by atoms with E-state index in [1.54, 1.807) is 0 Å². The summed E-state index contributed by atoms with van der Waals surface area (Å²) in [7, 11) is 0. The van der Waals surface area contributed by atoms with E-state index in [2.05, 4.69) is 33.8 Å². The molecule has 3 N–H and O–H groups in total. The van der Waals surface area contributed by atoms with Crippen LogP contribution in [0.4, 0.5) is 4.79 Å². The van der Waals surface area contributed by atoms with Crippen LogP contribution < -0.4 is 16.0 Å². The van der Waals surface area contributed by atoms with E-state index in [9.17, 15) is 4.79 Å². The Bertz CT molecular complexity index is 414. The number of ether oxygens (including phenoxy) is 1. The number of halogens is 1. The average molecular weight is 452 g/mol. The molecule has 0 rings (SSSR count). The summed E-state index contributed by atoms with van der Waals surface area (Å²) in [5.74, 6) is 3.16. The van der Waals surface area contributed by atoms with Gasteiger partial charge < -0.3 is 20.7 Å². The van der Waals surface area contributed by atoms with Gasteiger partial charge in [-0.15, -0.1) is 30.4 Å². The van der Waals surface area contributed by atoms with E-state index in [4.69, 9.17) is 11.2 Å². The van der Waals surface area contributed by atoms with Crippen molar-refractivity contribution in [2.24, 2.45) is 4.99 Å². The van der Waals surface area contributed by atoms with E-state index in [1.807, 2.05) is 27.7 Å². The minimum atomic E-state index is -0.500. The first-order valence-electron chi connectivity index (χ1n) is 8.27. The third kappa shape index (κ3) is 14.4. The van der Waals surface area contributed by atoms with E-state index in [0.29, 0.717) is 19.0 Å². The highest BCUT2D eigenvalue weighted by Crippen LogP contribution is 2.06. The molecule has 0 fully saturated rings. The molecule has 24 heavy (non-hydrogen) atoms. The topological polar surface area (TPSA) is 74.8 Å². The van der Waals surface area contributed by atoms with Gasteiger partial charge in [-0.25, -0.2) is 9.79 Å². The lowest BCUT2D eigenvalue weighted by Crippen LogP contribution is -2.49. The zero-order chi connectivity index (χ0) is 17.7. The standard InChI is InChI=1S/C17H32N4O2.HI/c1-7-10-11-14(13-20-16(22)23-17(4,5)6)21-15(18-9-3)19-12-8-2;/h2,14H,7,9-13H2,1,3-6H3,(H,20,22)(H2,18,19,21);1H. The molecule has 0 aromatic rings. The summed E-state index contributed by atoms with van der Waals surface area (Å²) in [4.78, 5) is 16.1. The zero-order valence-corrected chi connectivity index (χ0v) is 17.9. The molecule has 0 aromatic heterocycles. The quantitative estimate of drug-likeness (QED) is 0.229. The van der Waals surface area contributed by atoms with Crippen LogP contribution in [0, 0.1) is 12.3 Å². The van der Waals surface area contributed by atoms with Gasteiger partial charge in [0.2, 0.25) is 0 Å². The lowest BCUT2D eigenvalue weighted by atomic mass is 10.1. The Labute approximate surface area is 164 Å². The van der Waals surface area contributed by atoms with Crippen molar-refractivity contribution in [3.8, 4) is 12.3 Å². The first-order chi connectivity index (χ1) is 10.8. The first-order valence-corrected chi connectivity index (χ1v) is 8.27. The van der Waals surface area contributed by atoms with Crippen LogP contribution in [0.5, 0.6) is 0 Å². The molecule has 1 amide bonds. The Balaban J connectivity index is 0. The van der Waals surface area contributed by atoms with Crippen molar-refractivity contribution in [2.75, 3.05) is 19.6 Å². The number of hydrogen-bond donors (Lipinski definition) is 3. The van der Waals surface area contributed by atoms with Crippen molar-refractivity contribution in [2.45, 2.75) is 65.5 Å². The largest absolute Gasteiger partial charge is 0.444 e. The summed E-state index contributed by atoms with van der Waals surface area (Å²) in [5, 5.41) is 9.27. The number of guanidine groups is 1. The lowest BCUT2D eigenvalue weighted by molar-refractivity contribution is 0.0523. The Hall–Kier alpha value is -1.17. The normalized spacial score (nSPS) is 12.4. The van der Waals surface area contributed by atoms with Crippen molar-refractivity contribution in [1.82, 2.24) is 16.0 Å². The minimum Gasteiger partial charge on any atom is -0.444 e. The fourth-order valence-corrected chi connectivity index (χ4v) is 1.83. The first kappa shape index (κ1) is 25.1. The molecule has 0 spiro atoms. The number of rotatable bonds is 8. The van der Waals surface area contributed by atoms with Crippen LogP contribution in [0.15, 0.2) is 4.99 Å². The number of nitrogens with zero attached hydrogens (tertiary/aromatic N) is 1. The fraction of sp³-hybridized carbons (Fsp3) is 0.765. The molecule has 0 bridgehead atoms. The second-order valence-corrected chi connectivity index (χ2v) is 6.27. The minimum absolute atomic E-state index is 0. The molecule has 0 aliphatic carbocycles. The second-order valence-electron chi connectivity index (χ2n) is 6.27. The maximum absolute atomic E-state index is 11.8. The number of alkyl carbamates (subject to hydrolysis) is 1. The molecule has 0 radical (unpaired) electrons. The zero-order valence-electron chi connectivity index (χ0n) is 15.6. The SMILES string of the molecule is C#CCN=C(NCC)NC(CCCC)CNC(=O)OC(C)(C)C.I. The summed E-state index contributed by atoms with van der Waals surface area (Å²) in [6.45, 7) is 11.2. The van der Waals surface area contributed by atoms with Crippen molar-refractivity contribution in [3.63, 3.8) is 0 Å². The van der Waals surface area contributed by atoms with Gasteiger partial charge in [-0.3, -0.25) is 0 Å². The summed E-state index contributed by atoms with van der Waals surface area (Å²) >= 11 is 0. The van der Waals surface area contributed by atoms with Gasteiger partial charge in [0.25, 0.3) is 0 Å². The monoisotopic (exact) mass is 452 g/mol. The summed E-state index contributed by atoms with van der Waals surface area (Å²) in [6.07, 6.45) is 7.91. The number of unbranched alkanes of at least 4 members (excludes halogenated alkanes) is 1. The number of terminal acetylenes is 1. The highest BCUT2D eigenvalue weighted by Gasteiger charge is 2.17. The van der Waals surface area contributed by atoms with E-state index < -0.39 is 11.7 Å². The number of aliphatic imine (C=N–C) groups is 1. The van der Waals surface area contributed by atoms with Gasteiger partial charge in [0.05, 0.1) is 0 Å². The van der Waals surface area contributed by atoms with Crippen molar-refractivity contribution in [3.05, 3.63) is 0 Å². The molecular formula is C17H33IN4O2. The summed E-state index contributed by atoms with van der Waals surface area (Å²) in [6, 6.07) is 0.0676.